The zero-order chi connectivity index (χ0) is 16.9. The molecule has 0 aliphatic carbocycles. The van der Waals surface area contributed by atoms with Crippen molar-refractivity contribution in [3.05, 3.63) is 59.4 Å². The number of hydrogen-bond donors (Lipinski definition) is 0. The number of aldehydes is 1. The number of hydrogen-bond acceptors (Lipinski definition) is 3. The van der Waals surface area contributed by atoms with Gasteiger partial charge in [0.1, 0.15) is 5.75 Å². The standard InChI is InChI=1S/C20H22N2O2/c1-15-11-16(2)13-17(12-15)24-10-6-5-9-22-19-8-4-3-7-18(19)21-20(22)14-23/h3-4,7-8,11-14H,5-6,9-10H2,1-2H3. The topological polar surface area (TPSA) is 44.1 Å². The summed E-state index contributed by atoms with van der Waals surface area (Å²) in [5.41, 5.74) is 4.30. The molecule has 0 atom stereocenters. The van der Waals surface area contributed by atoms with Gasteiger partial charge in [-0.25, -0.2) is 4.98 Å². The van der Waals surface area contributed by atoms with Crippen molar-refractivity contribution in [2.24, 2.45) is 0 Å². The number of fused-ring (bicyclic) bond motifs is 1. The number of imidazole rings is 1. The summed E-state index contributed by atoms with van der Waals surface area (Å²) >= 11 is 0. The van der Waals surface area contributed by atoms with Crippen LogP contribution < -0.4 is 4.74 Å². The molecule has 24 heavy (non-hydrogen) atoms. The fraction of sp³-hybridized carbons (Fsp3) is 0.300. The predicted octanol–water partition coefficient (Wildman–Crippen LogP) is 4.32. The van der Waals surface area contributed by atoms with Gasteiger partial charge in [-0.2, -0.15) is 0 Å². The van der Waals surface area contributed by atoms with Crippen molar-refractivity contribution in [2.75, 3.05) is 6.61 Å². The fourth-order valence-electron chi connectivity index (χ4n) is 3.00. The lowest BCUT2D eigenvalue weighted by Crippen LogP contribution is -2.05. The smallest absolute Gasteiger partial charge is 0.185 e. The van der Waals surface area contributed by atoms with Gasteiger partial charge in [-0.15, -0.1) is 0 Å². The molecule has 0 bridgehead atoms. The molecule has 3 rings (SSSR count). The van der Waals surface area contributed by atoms with E-state index in [1.54, 1.807) is 0 Å². The van der Waals surface area contributed by atoms with Crippen molar-refractivity contribution in [2.45, 2.75) is 33.2 Å². The predicted molar refractivity (Wildman–Crippen MR) is 95.8 cm³/mol. The van der Waals surface area contributed by atoms with Gasteiger partial charge in [0.2, 0.25) is 0 Å². The largest absolute Gasteiger partial charge is 0.494 e. The second kappa shape index (κ2) is 7.30. The minimum Gasteiger partial charge on any atom is -0.494 e. The van der Waals surface area contributed by atoms with Crippen molar-refractivity contribution < 1.29 is 9.53 Å². The average Bonchev–Trinajstić information content (AvgIpc) is 2.91. The van der Waals surface area contributed by atoms with Crippen LogP contribution in [-0.4, -0.2) is 22.4 Å². The maximum absolute atomic E-state index is 11.2. The molecule has 0 saturated heterocycles. The molecule has 4 heteroatoms. The number of aromatic nitrogens is 2. The highest BCUT2D eigenvalue weighted by Gasteiger charge is 2.08. The minimum absolute atomic E-state index is 0.492. The number of unbranched alkanes of at least 4 members (excludes halogenated alkanes) is 1. The molecule has 0 radical (unpaired) electrons. The number of carbonyl (C=O) groups excluding carboxylic acids is 1. The number of rotatable bonds is 7. The second-order valence-electron chi connectivity index (χ2n) is 6.11. The van der Waals surface area contributed by atoms with Crippen LogP contribution in [0.5, 0.6) is 5.75 Å². The van der Waals surface area contributed by atoms with E-state index in [1.807, 2.05) is 28.8 Å². The van der Waals surface area contributed by atoms with E-state index >= 15 is 0 Å². The fourth-order valence-corrected chi connectivity index (χ4v) is 3.00. The Labute approximate surface area is 142 Å². The monoisotopic (exact) mass is 322 g/mol. The van der Waals surface area contributed by atoms with E-state index in [0.717, 1.165) is 42.5 Å². The van der Waals surface area contributed by atoms with Crippen LogP contribution in [-0.2, 0) is 6.54 Å². The Bertz CT molecular complexity index is 832. The number of carbonyl (C=O) groups is 1. The van der Waals surface area contributed by atoms with Gasteiger partial charge in [0.15, 0.2) is 12.1 Å². The lowest BCUT2D eigenvalue weighted by atomic mass is 10.1. The average molecular weight is 322 g/mol. The summed E-state index contributed by atoms with van der Waals surface area (Å²) in [6.45, 7) is 5.59. The molecule has 3 aromatic rings. The van der Waals surface area contributed by atoms with Gasteiger partial charge in [0.25, 0.3) is 0 Å². The van der Waals surface area contributed by atoms with Crippen LogP contribution in [0.15, 0.2) is 42.5 Å². The Morgan fingerprint density at radius 3 is 2.58 bits per heavy atom. The summed E-state index contributed by atoms with van der Waals surface area (Å²) in [6, 6.07) is 14.1. The summed E-state index contributed by atoms with van der Waals surface area (Å²) in [5.74, 6) is 1.42. The SMILES string of the molecule is Cc1cc(C)cc(OCCCCn2c(C=O)nc3ccccc32)c1. The van der Waals surface area contributed by atoms with E-state index < -0.39 is 0 Å². The first-order chi connectivity index (χ1) is 11.7. The maximum Gasteiger partial charge on any atom is 0.185 e. The Hall–Kier alpha value is -2.62. The third kappa shape index (κ3) is 3.65. The summed E-state index contributed by atoms with van der Waals surface area (Å²) < 4.78 is 7.82. The zero-order valence-corrected chi connectivity index (χ0v) is 14.2. The first-order valence-electron chi connectivity index (χ1n) is 8.29. The highest BCUT2D eigenvalue weighted by Crippen LogP contribution is 2.18. The zero-order valence-electron chi connectivity index (χ0n) is 14.2. The number of aryl methyl sites for hydroxylation is 3. The van der Waals surface area contributed by atoms with E-state index in [0.29, 0.717) is 12.4 Å². The van der Waals surface area contributed by atoms with Gasteiger partial charge in [-0.3, -0.25) is 4.79 Å². The Morgan fingerprint density at radius 2 is 1.83 bits per heavy atom. The minimum atomic E-state index is 0.492. The lowest BCUT2D eigenvalue weighted by Gasteiger charge is -2.09. The molecule has 1 aromatic heterocycles. The quantitative estimate of drug-likeness (QED) is 0.480. The van der Waals surface area contributed by atoms with Gasteiger partial charge in [0.05, 0.1) is 17.6 Å². The van der Waals surface area contributed by atoms with Crippen LogP contribution in [0.1, 0.15) is 34.6 Å². The molecule has 2 aromatic carbocycles. The van der Waals surface area contributed by atoms with Crippen LogP contribution in [0, 0.1) is 13.8 Å². The third-order valence-corrected chi connectivity index (χ3v) is 4.03. The number of benzene rings is 2. The molecule has 0 unspecified atom stereocenters. The van der Waals surface area contributed by atoms with E-state index in [1.165, 1.54) is 11.1 Å². The molecule has 0 aliphatic rings. The summed E-state index contributed by atoms with van der Waals surface area (Å²) in [7, 11) is 0. The van der Waals surface area contributed by atoms with Crippen molar-refractivity contribution in [3.8, 4) is 5.75 Å². The number of para-hydroxylation sites is 2. The lowest BCUT2D eigenvalue weighted by molar-refractivity contribution is 0.111. The molecule has 0 spiro atoms. The highest BCUT2D eigenvalue weighted by molar-refractivity contribution is 5.82. The Kier molecular flexibility index (Phi) is 4.94. The van der Waals surface area contributed by atoms with Crippen molar-refractivity contribution in [1.82, 2.24) is 9.55 Å². The molecule has 0 amide bonds. The summed E-state index contributed by atoms with van der Waals surface area (Å²) in [5, 5.41) is 0. The molecular weight excluding hydrogens is 300 g/mol. The molecule has 4 nitrogen and oxygen atoms in total. The number of ether oxygens (including phenoxy) is 1. The van der Waals surface area contributed by atoms with Crippen LogP contribution in [0.3, 0.4) is 0 Å². The summed E-state index contributed by atoms with van der Waals surface area (Å²) in [4.78, 5) is 15.6. The highest BCUT2D eigenvalue weighted by atomic mass is 16.5. The van der Waals surface area contributed by atoms with Gasteiger partial charge >= 0.3 is 0 Å². The normalized spacial score (nSPS) is 10.9. The molecule has 1 heterocycles. The molecule has 0 saturated carbocycles. The van der Waals surface area contributed by atoms with Crippen LogP contribution in [0.4, 0.5) is 0 Å². The second-order valence-corrected chi connectivity index (χ2v) is 6.11. The first-order valence-corrected chi connectivity index (χ1v) is 8.29. The summed E-state index contributed by atoms with van der Waals surface area (Å²) in [6.07, 6.45) is 2.69. The molecule has 124 valence electrons. The van der Waals surface area contributed by atoms with Gasteiger partial charge in [-0.05, 0) is 62.1 Å². The molecule has 0 aliphatic heterocycles. The third-order valence-electron chi connectivity index (χ3n) is 4.03. The van der Waals surface area contributed by atoms with Gasteiger partial charge in [0, 0.05) is 6.54 Å². The Balaban J connectivity index is 1.56. The van der Waals surface area contributed by atoms with Gasteiger partial charge in [-0.1, -0.05) is 18.2 Å². The number of nitrogens with zero attached hydrogens (tertiary/aromatic N) is 2. The molecular formula is C20H22N2O2. The van der Waals surface area contributed by atoms with E-state index in [4.69, 9.17) is 4.74 Å². The Morgan fingerprint density at radius 1 is 1.08 bits per heavy atom. The van der Waals surface area contributed by atoms with Crippen LogP contribution in [0.25, 0.3) is 11.0 Å². The molecule has 0 fully saturated rings. The van der Waals surface area contributed by atoms with Gasteiger partial charge < -0.3 is 9.30 Å². The van der Waals surface area contributed by atoms with Crippen molar-refractivity contribution >= 4 is 17.3 Å². The van der Waals surface area contributed by atoms with E-state index in [2.05, 4.69) is 37.0 Å². The van der Waals surface area contributed by atoms with E-state index in [9.17, 15) is 4.79 Å². The van der Waals surface area contributed by atoms with Crippen LogP contribution in [0.2, 0.25) is 0 Å². The first kappa shape index (κ1) is 16.2. The van der Waals surface area contributed by atoms with E-state index in [-0.39, 0.29) is 0 Å². The van der Waals surface area contributed by atoms with Crippen molar-refractivity contribution in [1.29, 1.82) is 0 Å². The molecule has 0 N–H and O–H groups in total. The maximum atomic E-state index is 11.2. The van der Waals surface area contributed by atoms with Crippen LogP contribution >= 0.6 is 0 Å². The van der Waals surface area contributed by atoms with Crippen molar-refractivity contribution in [3.63, 3.8) is 0 Å².